The van der Waals surface area contributed by atoms with Crippen molar-refractivity contribution in [2.75, 3.05) is 26.8 Å². The summed E-state index contributed by atoms with van der Waals surface area (Å²) >= 11 is 0. The molecule has 3 aliphatic rings. The van der Waals surface area contributed by atoms with Gasteiger partial charge in [-0.2, -0.15) is 0 Å². The number of aliphatic carboxylic acids is 1. The smallest absolute Gasteiger partial charge is 0.407 e. The van der Waals surface area contributed by atoms with Gasteiger partial charge in [0, 0.05) is 38.6 Å². The maximum Gasteiger partial charge on any atom is 0.407 e. The lowest BCUT2D eigenvalue weighted by Gasteiger charge is -2.22. The van der Waals surface area contributed by atoms with Crippen LogP contribution in [0.5, 0.6) is 0 Å². The molecule has 1 saturated heterocycles. The lowest BCUT2D eigenvalue weighted by molar-refractivity contribution is -0.144. The van der Waals surface area contributed by atoms with Crippen molar-refractivity contribution < 1.29 is 29.0 Å². The Labute approximate surface area is 204 Å². The van der Waals surface area contributed by atoms with Crippen LogP contribution < -0.4 is 5.32 Å². The van der Waals surface area contributed by atoms with Gasteiger partial charge >= 0.3 is 12.1 Å². The molecule has 2 aromatic carbocycles. The van der Waals surface area contributed by atoms with Crippen molar-refractivity contribution >= 4 is 18.0 Å². The van der Waals surface area contributed by atoms with Crippen LogP contribution in [-0.2, 0) is 19.1 Å². The molecule has 2 fully saturated rings. The van der Waals surface area contributed by atoms with E-state index in [0.29, 0.717) is 0 Å². The number of methoxy groups -OCH3 is 1. The number of benzene rings is 2. The molecule has 1 heterocycles. The van der Waals surface area contributed by atoms with Gasteiger partial charge in [-0.3, -0.25) is 9.59 Å². The summed E-state index contributed by atoms with van der Waals surface area (Å²) in [5.74, 6) is -1.68. The highest BCUT2D eigenvalue weighted by Crippen LogP contribution is 2.44. The summed E-state index contributed by atoms with van der Waals surface area (Å²) in [5.41, 5.74) is 4.62. The molecule has 8 nitrogen and oxygen atoms in total. The molecule has 0 aromatic heterocycles. The topological polar surface area (TPSA) is 105 Å². The van der Waals surface area contributed by atoms with Crippen molar-refractivity contribution in [3.8, 4) is 11.1 Å². The quantitative estimate of drug-likeness (QED) is 0.604. The monoisotopic (exact) mass is 478 g/mol. The lowest BCUT2D eigenvalue weighted by Crippen LogP contribution is -2.42. The number of hydrogen-bond donors (Lipinski definition) is 2. The second-order valence-corrected chi connectivity index (χ2v) is 9.64. The fourth-order valence-electron chi connectivity index (χ4n) is 5.40. The van der Waals surface area contributed by atoms with Crippen LogP contribution in [0.2, 0.25) is 0 Å². The van der Waals surface area contributed by atoms with E-state index >= 15 is 0 Å². The summed E-state index contributed by atoms with van der Waals surface area (Å²) < 4.78 is 10.9. The van der Waals surface area contributed by atoms with Gasteiger partial charge in [0.2, 0.25) is 5.91 Å². The van der Waals surface area contributed by atoms with E-state index in [9.17, 15) is 19.5 Å². The predicted octanol–water partition coefficient (Wildman–Crippen LogP) is 3.25. The van der Waals surface area contributed by atoms with Crippen LogP contribution in [0.3, 0.4) is 0 Å². The molecule has 1 saturated carbocycles. The largest absolute Gasteiger partial charge is 0.481 e. The highest BCUT2D eigenvalue weighted by atomic mass is 16.5. The average molecular weight is 479 g/mol. The van der Waals surface area contributed by atoms with Crippen molar-refractivity contribution in [1.29, 1.82) is 0 Å². The van der Waals surface area contributed by atoms with E-state index in [1.165, 1.54) is 23.1 Å². The number of carboxylic acid groups (broad SMARTS) is 1. The Balaban J connectivity index is 1.19. The zero-order valence-corrected chi connectivity index (χ0v) is 19.7. The van der Waals surface area contributed by atoms with Crippen molar-refractivity contribution in [2.45, 2.75) is 37.3 Å². The molecular weight excluding hydrogens is 448 g/mol. The second-order valence-electron chi connectivity index (χ2n) is 9.64. The standard InChI is InChI=1S/C27H30N2O6/c1-34-24-14-29(13-21(24)26(31)32)25(30)12-23(16-10-11-16)28-27(33)35-15-22-19-8-4-2-6-17(19)18-7-3-5-9-20(18)22/h2-9,16,21-24H,10-15H2,1H3,(H,28,33)(H,31,32). The molecule has 0 radical (unpaired) electrons. The Morgan fingerprint density at radius 2 is 1.66 bits per heavy atom. The molecule has 184 valence electrons. The summed E-state index contributed by atoms with van der Waals surface area (Å²) in [4.78, 5) is 38.7. The number of nitrogens with zero attached hydrogens (tertiary/aromatic N) is 1. The number of likely N-dealkylation sites (tertiary alicyclic amines) is 1. The van der Waals surface area contributed by atoms with E-state index in [0.717, 1.165) is 24.0 Å². The van der Waals surface area contributed by atoms with Crippen LogP contribution in [0.4, 0.5) is 4.79 Å². The van der Waals surface area contributed by atoms with Gasteiger partial charge in [0.25, 0.3) is 0 Å². The van der Waals surface area contributed by atoms with Crippen LogP contribution in [0.15, 0.2) is 48.5 Å². The Morgan fingerprint density at radius 1 is 1.03 bits per heavy atom. The first-order chi connectivity index (χ1) is 17.0. The van der Waals surface area contributed by atoms with E-state index in [-0.39, 0.29) is 49.9 Å². The molecule has 3 atom stereocenters. The van der Waals surface area contributed by atoms with Crippen molar-refractivity contribution in [3.05, 3.63) is 59.7 Å². The number of ether oxygens (including phenoxy) is 2. The normalized spacial score (nSPS) is 21.8. The van der Waals surface area contributed by atoms with Crippen molar-refractivity contribution in [1.82, 2.24) is 10.2 Å². The third-order valence-electron chi connectivity index (χ3n) is 7.47. The van der Waals surface area contributed by atoms with Gasteiger partial charge in [-0.1, -0.05) is 48.5 Å². The minimum absolute atomic E-state index is 0.0299. The number of carbonyl (C=O) groups is 3. The molecule has 2 N–H and O–H groups in total. The van der Waals surface area contributed by atoms with Crippen LogP contribution in [0, 0.1) is 11.8 Å². The SMILES string of the molecule is COC1CN(C(=O)CC(NC(=O)OCC2c3ccccc3-c3ccccc32)C2CC2)CC1C(=O)O. The van der Waals surface area contributed by atoms with E-state index in [1.54, 1.807) is 0 Å². The molecule has 0 spiro atoms. The fourth-order valence-corrected chi connectivity index (χ4v) is 5.40. The minimum atomic E-state index is -0.970. The number of fused-ring (bicyclic) bond motifs is 3. The van der Waals surface area contributed by atoms with Gasteiger partial charge in [0.1, 0.15) is 12.5 Å². The molecule has 8 heteroatoms. The van der Waals surface area contributed by atoms with Crippen LogP contribution >= 0.6 is 0 Å². The molecule has 0 bridgehead atoms. The Morgan fingerprint density at radius 3 is 2.20 bits per heavy atom. The summed E-state index contributed by atoms with van der Waals surface area (Å²) in [7, 11) is 1.46. The van der Waals surface area contributed by atoms with Crippen LogP contribution in [0.25, 0.3) is 11.1 Å². The number of rotatable bonds is 8. The maximum absolute atomic E-state index is 12.9. The number of alkyl carbamates (subject to hydrolysis) is 1. The zero-order chi connectivity index (χ0) is 24.5. The van der Waals surface area contributed by atoms with E-state index in [1.807, 2.05) is 24.3 Å². The minimum Gasteiger partial charge on any atom is -0.481 e. The Bertz CT molecular complexity index is 1080. The molecule has 2 amide bonds. The van der Waals surface area contributed by atoms with Gasteiger partial charge in [-0.15, -0.1) is 0 Å². The van der Waals surface area contributed by atoms with E-state index in [2.05, 4.69) is 29.6 Å². The van der Waals surface area contributed by atoms with E-state index < -0.39 is 24.1 Å². The predicted molar refractivity (Wildman–Crippen MR) is 128 cm³/mol. The highest BCUT2D eigenvalue weighted by molar-refractivity contribution is 5.81. The zero-order valence-electron chi connectivity index (χ0n) is 19.7. The number of carbonyl (C=O) groups excluding carboxylic acids is 2. The lowest BCUT2D eigenvalue weighted by atomic mass is 9.98. The van der Waals surface area contributed by atoms with Gasteiger partial charge < -0.3 is 24.8 Å². The first-order valence-electron chi connectivity index (χ1n) is 12.1. The third kappa shape index (κ3) is 4.75. The van der Waals surface area contributed by atoms with Gasteiger partial charge in [-0.05, 0) is 41.0 Å². The fraction of sp³-hybridized carbons (Fsp3) is 0.444. The number of hydrogen-bond acceptors (Lipinski definition) is 5. The number of nitrogens with one attached hydrogen (secondary N) is 1. The van der Waals surface area contributed by atoms with Crippen LogP contribution in [0.1, 0.15) is 36.3 Å². The molecule has 2 aliphatic carbocycles. The third-order valence-corrected chi connectivity index (χ3v) is 7.47. The molecule has 1 aliphatic heterocycles. The number of carboxylic acids is 1. The molecule has 35 heavy (non-hydrogen) atoms. The summed E-state index contributed by atoms with van der Waals surface area (Å²) in [6.07, 6.45) is 0.958. The number of amides is 2. The van der Waals surface area contributed by atoms with Crippen molar-refractivity contribution in [3.63, 3.8) is 0 Å². The summed E-state index contributed by atoms with van der Waals surface area (Å²) in [6.45, 7) is 0.580. The maximum atomic E-state index is 12.9. The van der Waals surface area contributed by atoms with Gasteiger partial charge in [0.05, 0.1) is 6.10 Å². The Kier molecular flexibility index (Phi) is 6.47. The van der Waals surface area contributed by atoms with Gasteiger partial charge in [0.15, 0.2) is 0 Å². The van der Waals surface area contributed by atoms with E-state index in [4.69, 9.17) is 9.47 Å². The van der Waals surface area contributed by atoms with Gasteiger partial charge in [-0.25, -0.2) is 4.79 Å². The average Bonchev–Trinajstić information content (AvgIpc) is 3.53. The molecule has 2 aromatic rings. The first-order valence-corrected chi connectivity index (χ1v) is 12.1. The molecule has 5 rings (SSSR count). The summed E-state index contributed by atoms with van der Waals surface area (Å²) in [5, 5.41) is 12.3. The Hall–Kier alpha value is -3.39. The van der Waals surface area contributed by atoms with Crippen molar-refractivity contribution in [2.24, 2.45) is 11.8 Å². The first kappa shape index (κ1) is 23.4. The highest BCUT2D eigenvalue weighted by Gasteiger charge is 2.42. The second kappa shape index (κ2) is 9.70. The molecular formula is C27H30N2O6. The van der Waals surface area contributed by atoms with Crippen LogP contribution in [-0.4, -0.2) is 66.9 Å². The molecule has 3 unspecified atom stereocenters. The summed E-state index contributed by atoms with van der Waals surface area (Å²) in [6, 6.07) is 16.0.